The third-order valence-electron chi connectivity index (χ3n) is 3.95. The average molecular weight is 384 g/mol. The standard InChI is InChI=1S/C18H9IO2/c19-13-9-12-10-5-1-3-7-14(10)20-17(12)18-16(13)11-6-2-4-8-15(11)21-18/h1-9H. The summed E-state index contributed by atoms with van der Waals surface area (Å²) in [7, 11) is 0. The summed E-state index contributed by atoms with van der Waals surface area (Å²) in [4.78, 5) is 0. The molecule has 0 atom stereocenters. The van der Waals surface area contributed by atoms with Crippen molar-refractivity contribution in [1.29, 1.82) is 0 Å². The molecular weight excluding hydrogens is 375 g/mol. The van der Waals surface area contributed by atoms with Crippen LogP contribution in [0.25, 0.3) is 43.9 Å². The summed E-state index contributed by atoms with van der Waals surface area (Å²) in [5.74, 6) is 0. The van der Waals surface area contributed by atoms with Gasteiger partial charge in [0.25, 0.3) is 0 Å². The molecule has 0 spiro atoms. The van der Waals surface area contributed by atoms with E-state index < -0.39 is 0 Å². The smallest absolute Gasteiger partial charge is 0.179 e. The van der Waals surface area contributed by atoms with Crippen LogP contribution in [0.4, 0.5) is 0 Å². The van der Waals surface area contributed by atoms with Crippen LogP contribution in [0, 0.1) is 3.57 Å². The van der Waals surface area contributed by atoms with E-state index in [1.165, 1.54) is 3.57 Å². The van der Waals surface area contributed by atoms with Gasteiger partial charge < -0.3 is 8.83 Å². The second-order valence-electron chi connectivity index (χ2n) is 5.14. The lowest BCUT2D eigenvalue weighted by molar-refractivity contribution is 0.633. The van der Waals surface area contributed by atoms with Crippen molar-refractivity contribution in [2.24, 2.45) is 0 Å². The first-order valence-electron chi connectivity index (χ1n) is 6.74. The van der Waals surface area contributed by atoms with Gasteiger partial charge in [0.2, 0.25) is 0 Å². The van der Waals surface area contributed by atoms with Gasteiger partial charge in [-0.25, -0.2) is 0 Å². The fourth-order valence-corrected chi connectivity index (χ4v) is 3.87. The van der Waals surface area contributed by atoms with Crippen LogP contribution >= 0.6 is 22.6 Å². The van der Waals surface area contributed by atoms with Gasteiger partial charge in [0, 0.05) is 25.1 Å². The van der Waals surface area contributed by atoms with Crippen LogP contribution in [0.15, 0.2) is 63.4 Å². The maximum absolute atomic E-state index is 6.08. The fourth-order valence-electron chi connectivity index (χ4n) is 3.02. The van der Waals surface area contributed by atoms with E-state index in [2.05, 4.69) is 40.8 Å². The van der Waals surface area contributed by atoms with Gasteiger partial charge in [-0.15, -0.1) is 0 Å². The summed E-state index contributed by atoms with van der Waals surface area (Å²) in [6.45, 7) is 0. The van der Waals surface area contributed by atoms with Gasteiger partial charge in [-0.05, 0) is 40.8 Å². The number of fused-ring (bicyclic) bond motifs is 7. The van der Waals surface area contributed by atoms with E-state index in [0.717, 1.165) is 43.9 Å². The summed E-state index contributed by atoms with van der Waals surface area (Å²) in [6.07, 6.45) is 0. The van der Waals surface area contributed by atoms with Crippen LogP contribution in [0.5, 0.6) is 0 Å². The Morgan fingerprint density at radius 2 is 1.29 bits per heavy atom. The topological polar surface area (TPSA) is 26.3 Å². The molecule has 100 valence electrons. The number of benzene rings is 3. The number of hydrogen-bond acceptors (Lipinski definition) is 2. The molecule has 0 unspecified atom stereocenters. The summed E-state index contributed by atoms with van der Waals surface area (Å²) in [6, 6.07) is 18.4. The Bertz CT molecular complexity index is 1150. The highest BCUT2D eigenvalue weighted by Crippen LogP contribution is 2.40. The van der Waals surface area contributed by atoms with Crippen molar-refractivity contribution in [3.63, 3.8) is 0 Å². The highest BCUT2D eigenvalue weighted by molar-refractivity contribution is 14.1. The highest BCUT2D eigenvalue weighted by atomic mass is 127. The monoisotopic (exact) mass is 384 g/mol. The Labute approximate surface area is 133 Å². The van der Waals surface area contributed by atoms with Crippen molar-refractivity contribution in [3.05, 3.63) is 58.2 Å². The fraction of sp³-hybridized carbons (Fsp3) is 0. The molecule has 0 aliphatic heterocycles. The van der Waals surface area contributed by atoms with Gasteiger partial charge in [0.05, 0.1) is 0 Å². The number of furan rings is 2. The minimum atomic E-state index is 0.836. The molecule has 0 aliphatic carbocycles. The van der Waals surface area contributed by atoms with Crippen molar-refractivity contribution < 1.29 is 8.83 Å². The van der Waals surface area contributed by atoms with Crippen molar-refractivity contribution in [3.8, 4) is 0 Å². The molecule has 0 bridgehead atoms. The van der Waals surface area contributed by atoms with E-state index in [0.29, 0.717) is 0 Å². The first-order chi connectivity index (χ1) is 10.3. The number of hydrogen-bond donors (Lipinski definition) is 0. The van der Waals surface area contributed by atoms with Crippen LogP contribution in [0.1, 0.15) is 0 Å². The van der Waals surface area contributed by atoms with Crippen LogP contribution in [0.3, 0.4) is 0 Å². The average Bonchev–Trinajstić information content (AvgIpc) is 3.06. The molecular formula is C18H9IO2. The molecule has 0 radical (unpaired) electrons. The summed E-state index contributed by atoms with van der Waals surface area (Å²) < 4.78 is 13.3. The first-order valence-corrected chi connectivity index (χ1v) is 7.82. The first kappa shape index (κ1) is 11.6. The lowest BCUT2D eigenvalue weighted by atomic mass is 10.1. The second kappa shape index (κ2) is 4.01. The van der Waals surface area contributed by atoms with Gasteiger partial charge in [-0.1, -0.05) is 36.4 Å². The summed E-state index contributed by atoms with van der Waals surface area (Å²) in [5, 5.41) is 4.52. The lowest BCUT2D eigenvalue weighted by Gasteiger charge is -1.95. The minimum absolute atomic E-state index is 0.836. The molecule has 5 aromatic rings. The Balaban J connectivity index is 2.14. The molecule has 0 saturated heterocycles. The number of halogens is 1. The molecule has 2 aromatic heterocycles. The number of rotatable bonds is 0. The summed E-state index contributed by atoms with van der Waals surface area (Å²) >= 11 is 2.38. The molecule has 5 rings (SSSR count). The van der Waals surface area contributed by atoms with Crippen molar-refractivity contribution in [2.75, 3.05) is 0 Å². The maximum Gasteiger partial charge on any atom is 0.179 e. The van der Waals surface area contributed by atoms with Crippen LogP contribution in [0.2, 0.25) is 0 Å². The quantitative estimate of drug-likeness (QED) is 0.302. The molecule has 0 aliphatic rings. The van der Waals surface area contributed by atoms with Gasteiger partial charge >= 0.3 is 0 Å². The van der Waals surface area contributed by atoms with E-state index in [9.17, 15) is 0 Å². The van der Waals surface area contributed by atoms with Gasteiger partial charge in [-0.2, -0.15) is 0 Å². The molecule has 2 heterocycles. The van der Waals surface area contributed by atoms with E-state index >= 15 is 0 Å². The van der Waals surface area contributed by atoms with Crippen molar-refractivity contribution in [2.45, 2.75) is 0 Å². The van der Waals surface area contributed by atoms with E-state index in [-0.39, 0.29) is 0 Å². The molecule has 0 saturated carbocycles. The zero-order chi connectivity index (χ0) is 14.0. The second-order valence-corrected chi connectivity index (χ2v) is 6.30. The Kier molecular flexibility index (Phi) is 2.22. The molecule has 3 aromatic carbocycles. The molecule has 21 heavy (non-hydrogen) atoms. The Hall–Kier alpha value is -2.01. The van der Waals surface area contributed by atoms with E-state index in [1.807, 2.05) is 36.4 Å². The predicted octanol–water partition coefficient (Wildman–Crippen LogP) is 6.09. The van der Waals surface area contributed by atoms with Crippen LogP contribution in [-0.2, 0) is 0 Å². The molecule has 3 heteroatoms. The molecule has 0 amide bonds. The SMILES string of the molecule is Ic1cc2c3ccccc3oc2c2oc3ccccc3c12. The van der Waals surface area contributed by atoms with Crippen LogP contribution < -0.4 is 0 Å². The Morgan fingerprint density at radius 3 is 2.10 bits per heavy atom. The largest absolute Gasteiger partial charge is 0.452 e. The zero-order valence-corrected chi connectivity index (χ0v) is 13.0. The summed E-state index contributed by atoms with van der Waals surface area (Å²) in [5.41, 5.74) is 3.48. The van der Waals surface area contributed by atoms with E-state index in [1.54, 1.807) is 0 Å². The molecule has 0 fully saturated rings. The predicted molar refractivity (Wildman–Crippen MR) is 93.7 cm³/mol. The molecule has 0 N–H and O–H groups in total. The lowest BCUT2D eigenvalue weighted by Crippen LogP contribution is -1.75. The highest BCUT2D eigenvalue weighted by Gasteiger charge is 2.17. The van der Waals surface area contributed by atoms with Gasteiger partial charge in [0.15, 0.2) is 11.2 Å². The normalized spacial score (nSPS) is 12.0. The maximum atomic E-state index is 6.08. The number of para-hydroxylation sites is 2. The minimum Gasteiger partial charge on any atom is -0.452 e. The third kappa shape index (κ3) is 1.47. The van der Waals surface area contributed by atoms with Gasteiger partial charge in [0.1, 0.15) is 11.2 Å². The van der Waals surface area contributed by atoms with E-state index in [4.69, 9.17) is 8.83 Å². The Morgan fingerprint density at radius 1 is 0.667 bits per heavy atom. The third-order valence-corrected chi connectivity index (χ3v) is 4.80. The van der Waals surface area contributed by atoms with Gasteiger partial charge in [-0.3, -0.25) is 0 Å². The van der Waals surface area contributed by atoms with Crippen LogP contribution in [-0.4, -0.2) is 0 Å². The van der Waals surface area contributed by atoms with Crippen molar-refractivity contribution in [1.82, 2.24) is 0 Å². The molecule has 2 nitrogen and oxygen atoms in total. The van der Waals surface area contributed by atoms with Crippen molar-refractivity contribution >= 4 is 66.5 Å². The zero-order valence-electron chi connectivity index (χ0n) is 10.9.